The molecule has 0 spiro atoms. The zero-order valence-electron chi connectivity index (χ0n) is 14.3. The van der Waals surface area contributed by atoms with E-state index in [1.165, 1.54) is 12.1 Å². The molecule has 1 aliphatic carbocycles. The third-order valence-corrected chi connectivity index (χ3v) is 4.61. The van der Waals surface area contributed by atoms with Crippen LogP contribution in [0.3, 0.4) is 0 Å². The van der Waals surface area contributed by atoms with Gasteiger partial charge < -0.3 is 15.0 Å². The van der Waals surface area contributed by atoms with Crippen LogP contribution in [-0.4, -0.2) is 25.3 Å². The summed E-state index contributed by atoms with van der Waals surface area (Å²) < 4.78 is 40.8. The van der Waals surface area contributed by atoms with Crippen molar-refractivity contribution in [1.29, 1.82) is 0 Å². The molecular weight excluding hydrogens is 359 g/mol. The van der Waals surface area contributed by atoms with Gasteiger partial charge in [0, 0.05) is 12.6 Å². The van der Waals surface area contributed by atoms with E-state index < -0.39 is 6.36 Å². The Morgan fingerprint density at radius 3 is 2.70 bits per heavy atom. The Morgan fingerprint density at radius 1 is 1.22 bits per heavy atom. The van der Waals surface area contributed by atoms with Gasteiger partial charge >= 0.3 is 6.36 Å². The number of hydrogen-bond acceptors (Lipinski definition) is 5. The van der Waals surface area contributed by atoms with Crippen LogP contribution < -0.4 is 10.2 Å². The van der Waals surface area contributed by atoms with E-state index in [0.29, 0.717) is 0 Å². The van der Waals surface area contributed by atoms with Gasteiger partial charge in [-0.1, -0.05) is 29.4 Å². The highest BCUT2D eigenvalue weighted by atomic mass is 19.4. The number of fused-ring (bicyclic) bond motifs is 3. The SMILES string of the molecule is CN/N=C/c1ccc2c(c1)CC1C2=NOC1c1ccc(OC(F)(F)F)cc1. The molecule has 1 heterocycles. The molecule has 4 rings (SSSR count). The summed E-state index contributed by atoms with van der Waals surface area (Å²) in [5, 5.41) is 8.24. The molecule has 0 amide bonds. The number of benzene rings is 2. The lowest BCUT2D eigenvalue weighted by atomic mass is 9.92. The van der Waals surface area contributed by atoms with E-state index in [9.17, 15) is 13.2 Å². The topological polar surface area (TPSA) is 55.2 Å². The molecule has 2 atom stereocenters. The van der Waals surface area contributed by atoms with Crippen LogP contribution in [0.25, 0.3) is 0 Å². The number of halogens is 3. The fourth-order valence-electron chi connectivity index (χ4n) is 3.49. The second-order valence-corrected chi connectivity index (χ2v) is 6.33. The maximum Gasteiger partial charge on any atom is 0.573 e. The molecule has 0 radical (unpaired) electrons. The predicted molar refractivity (Wildman–Crippen MR) is 93.8 cm³/mol. The Balaban J connectivity index is 1.53. The maximum atomic E-state index is 12.3. The first-order valence-electron chi connectivity index (χ1n) is 8.37. The molecule has 8 heteroatoms. The Labute approximate surface area is 153 Å². The van der Waals surface area contributed by atoms with E-state index in [4.69, 9.17) is 4.84 Å². The van der Waals surface area contributed by atoms with Crippen molar-refractivity contribution in [3.8, 4) is 5.75 Å². The summed E-state index contributed by atoms with van der Waals surface area (Å²) in [5.74, 6) is -0.223. The molecule has 2 aromatic rings. The fraction of sp³-hybridized carbons (Fsp3) is 0.263. The highest BCUT2D eigenvalue weighted by Crippen LogP contribution is 2.43. The first-order chi connectivity index (χ1) is 12.9. The molecule has 0 saturated heterocycles. The highest BCUT2D eigenvalue weighted by molar-refractivity contribution is 6.07. The van der Waals surface area contributed by atoms with Gasteiger partial charge in [0.1, 0.15) is 5.75 Å². The summed E-state index contributed by atoms with van der Waals surface area (Å²) in [5.41, 5.74) is 7.54. The standard InChI is InChI=1S/C19H16F3N3O2/c1-23-24-10-11-2-7-15-13(8-11)9-16-17(15)25-27-18(16)12-3-5-14(6-4-12)26-19(20,21)22/h2-8,10,16,18,23H,9H2,1H3/b24-10+. The maximum absolute atomic E-state index is 12.3. The number of nitrogens with zero attached hydrogens (tertiary/aromatic N) is 2. The number of hydrazone groups is 1. The van der Waals surface area contributed by atoms with Crippen molar-refractivity contribution < 1.29 is 22.7 Å². The average Bonchev–Trinajstić information content (AvgIpc) is 3.18. The zero-order valence-corrected chi connectivity index (χ0v) is 14.3. The van der Waals surface area contributed by atoms with E-state index >= 15 is 0 Å². The van der Waals surface area contributed by atoms with Crippen molar-refractivity contribution >= 4 is 11.9 Å². The van der Waals surface area contributed by atoms with Gasteiger partial charge in [0.05, 0.1) is 17.8 Å². The van der Waals surface area contributed by atoms with Gasteiger partial charge in [-0.2, -0.15) is 5.10 Å². The van der Waals surface area contributed by atoms with Crippen molar-refractivity contribution in [1.82, 2.24) is 5.43 Å². The van der Waals surface area contributed by atoms with Crippen molar-refractivity contribution in [3.05, 3.63) is 64.7 Å². The predicted octanol–water partition coefficient (Wildman–Crippen LogP) is 3.79. The van der Waals surface area contributed by atoms with Crippen molar-refractivity contribution in [2.75, 3.05) is 7.05 Å². The number of alkyl halides is 3. The lowest BCUT2D eigenvalue weighted by Gasteiger charge is -2.16. The summed E-state index contributed by atoms with van der Waals surface area (Å²) >= 11 is 0. The Morgan fingerprint density at radius 2 is 2.00 bits per heavy atom. The largest absolute Gasteiger partial charge is 0.573 e. The first kappa shape index (κ1) is 17.4. The minimum absolute atomic E-state index is 0.0332. The van der Waals surface area contributed by atoms with Crippen molar-refractivity contribution in [3.63, 3.8) is 0 Å². The first-order valence-corrected chi connectivity index (χ1v) is 8.37. The Kier molecular flexibility index (Phi) is 4.25. The van der Waals surface area contributed by atoms with Gasteiger partial charge in [0.25, 0.3) is 0 Å². The van der Waals surface area contributed by atoms with Crippen LogP contribution in [0.1, 0.15) is 28.4 Å². The normalized spacial score (nSPS) is 20.8. The Hall–Kier alpha value is -3.03. The molecule has 140 valence electrons. The van der Waals surface area contributed by atoms with Crippen LogP contribution in [0.2, 0.25) is 0 Å². The molecule has 1 N–H and O–H groups in total. The van der Waals surface area contributed by atoms with Crippen molar-refractivity contribution in [2.24, 2.45) is 16.2 Å². The van der Waals surface area contributed by atoms with E-state index in [1.54, 1.807) is 25.4 Å². The molecule has 2 unspecified atom stereocenters. The van der Waals surface area contributed by atoms with Crippen molar-refractivity contribution in [2.45, 2.75) is 18.9 Å². The highest BCUT2D eigenvalue weighted by Gasteiger charge is 2.41. The summed E-state index contributed by atoms with van der Waals surface area (Å²) in [6, 6.07) is 11.8. The molecule has 2 aromatic carbocycles. The van der Waals surface area contributed by atoms with E-state index in [1.807, 2.05) is 12.1 Å². The Bertz CT molecular complexity index is 907. The average molecular weight is 375 g/mol. The van der Waals surface area contributed by atoms with Gasteiger partial charge in [0.2, 0.25) is 0 Å². The minimum atomic E-state index is -4.71. The second kappa shape index (κ2) is 6.61. The minimum Gasteiger partial charge on any atom is -0.406 e. The second-order valence-electron chi connectivity index (χ2n) is 6.33. The molecule has 0 saturated carbocycles. The van der Waals surface area contributed by atoms with Crippen LogP contribution >= 0.6 is 0 Å². The summed E-state index contributed by atoms with van der Waals surface area (Å²) in [6.45, 7) is 0. The van der Waals surface area contributed by atoms with Crippen LogP contribution in [0.4, 0.5) is 13.2 Å². The molecular formula is C19H16F3N3O2. The van der Waals surface area contributed by atoms with Crippen LogP contribution in [0.15, 0.2) is 52.7 Å². The number of oxime groups is 1. The third-order valence-electron chi connectivity index (χ3n) is 4.61. The summed E-state index contributed by atoms with van der Waals surface area (Å²) in [6.07, 6.45) is -2.55. The van der Waals surface area contributed by atoms with E-state index in [2.05, 4.69) is 26.5 Å². The van der Waals surface area contributed by atoms with Gasteiger partial charge in [-0.05, 0) is 41.3 Å². The lowest BCUT2D eigenvalue weighted by Crippen LogP contribution is -2.17. The van der Waals surface area contributed by atoms with Gasteiger partial charge in [-0.15, -0.1) is 13.2 Å². The number of rotatable bonds is 4. The molecule has 5 nitrogen and oxygen atoms in total. The molecule has 27 heavy (non-hydrogen) atoms. The summed E-state index contributed by atoms with van der Waals surface area (Å²) in [7, 11) is 1.73. The van der Waals surface area contributed by atoms with Crippen LogP contribution in [0.5, 0.6) is 5.75 Å². The van der Waals surface area contributed by atoms with E-state index in [0.717, 1.165) is 34.4 Å². The quantitative estimate of drug-likeness (QED) is 0.654. The van der Waals surface area contributed by atoms with E-state index in [-0.39, 0.29) is 17.8 Å². The third kappa shape index (κ3) is 3.47. The number of nitrogens with one attached hydrogen (secondary N) is 1. The monoisotopic (exact) mass is 375 g/mol. The zero-order chi connectivity index (χ0) is 19.0. The fourth-order valence-corrected chi connectivity index (χ4v) is 3.49. The van der Waals surface area contributed by atoms with Gasteiger partial charge in [-0.25, -0.2) is 0 Å². The van der Waals surface area contributed by atoms with Gasteiger partial charge in [0.15, 0.2) is 6.10 Å². The molecule has 0 bridgehead atoms. The number of hydrogen-bond donors (Lipinski definition) is 1. The molecule has 1 aliphatic heterocycles. The van der Waals surface area contributed by atoms with Crippen LogP contribution in [-0.2, 0) is 11.3 Å². The molecule has 0 aromatic heterocycles. The summed E-state index contributed by atoms with van der Waals surface area (Å²) in [4.78, 5) is 5.59. The molecule has 0 fully saturated rings. The smallest absolute Gasteiger partial charge is 0.406 e. The molecule has 2 aliphatic rings. The van der Waals surface area contributed by atoms with Gasteiger partial charge in [-0.3, -0.25) is 0 Å². The lowest BCUT2D eigenvalue weighted by molar-refractivity contribution is -0.274. The van der Waals surface area contributed by atoms with Crippen LogP contribution in [0, 0.1) is 5.92 Å². The number of ether oxygens (including phenoxy) is 1.